The summed E-state index contributed by atoms with van der Waals surface area (Å²) < 4.78 is 4.91. The summed E-state index contributed by atoms with van der Waals surface area (Å²) >= 11 is 0. The normalized spacial score (nSPS) is 45.3. The third kappa shape index (κ3) is 0.736. The SMILES string of the molecule is O=C1O[C@@H]2C[C@H]1CC[C@@H]2O. The molecule has 56 valence electrons. The van der Waals surface area contributed by atoms with Crippen LogP contribution in [0.1, 0.15) is 19.3 Å². The van der Waals surface area contributed by atoms with E-state index in [0.717, 1.165) is 19.3 Å². The van der Waals surface area contributed by atoms with E-state index in [4.69, 9.17) is 4.74 Å². The molecule has 1 saturated carbocycles. The van der Waals surface area contributed by atoms with Crippen molar-refractivity contribution in [3.05, 3.63) is 0 Å². The second kappa shape index (κ2) is 1.95. The fraction of sp³-hybridized carbons (Fsp3) is 0.857. The molecule has 2 bridgehead atoms. The predicted octanol–water partition coefficient (Wildman–Crippen LogP) is 0.0728. The van der Waals surface area contributed by atoms with Crippen LogP contribution < -0.4 is 0 Å². The third-order valence-corrected chi connectivity index (χ3v) is 2.36. The van der Waals surface area contributed by atoms with Gasteiger partial charge in [-0.25, -0.2) is 0 Å². The first-order chi connectivity index (χ1) is 4.77. The molecular weight excluding hydrogens is 132 g/mol. The average Bonchev–Trinajstić information content (AvgIpc) is 2.21. The molecule has 1 aliphatic carbocycles. The van der Waals surface area contributed by atoms with Crippen LogP contribution in [0.2, 0.25) is 0 Å². The molecule has 1 heterocycles. The number of esters is 1. The van der Waals surface area contributed by atoms with E-state index in [1.807, 2.05) is 0 Å². The number of fused-ring (bicyclic) bond motifs is 2. The summed E-state index contributed by atoms with van der Waals surface area (Å²) in [6, 6.07) is 0. The van der Waals surface area contributed by atoms with Crippen molar-refractivity contribution < 1.29 is 14.6 Å². The highest BCUT2D eigenvalue weighted by Crippen LogP contribution is 2.33. The van der Waals surface area contributed by atoms with Crippen LogP contribution in [0.5, 0.6) is 0 Å². The van der Waals surface area contributed by atoms with Gasteiger partial charge in [0.15, 0.2) is 0 Å². The average molecular weight is 142 g/mol. The van der Waals surface area contributed by atoms with Gasteiger partial charge in [0.1, 0.15) is 6.10 Å². The summed E-state index contributed by atoms with van der Waals surface area (Å²) in [7, 11) is 0. The smallest absolute Gasteiger partial charge is 0.309 e. The van der Waals surface area contributed by atoms with Gasteiger partial charge in [-0.2, -0.15) is 0 Å². The van der Waals surface area contributed by atoms with E-state index >= 15 is 0 Å². The molecule has 2 aliphatic rings. The molecule has 0 spiro atoms. The van der Waals surface area contributed by atoms with Crippen molar-refractivity contribution >= 4 is 5.97 Å². The van der Waals surface area contributed by atoms with Gasteiger partial charge in [-0.15, -0.1) is 0 Å². The first-order valence-corrected chi connectivity index (χ1v) is 3.66. The minimum Gasteiger partial charge on any atom is -0.459 e. The highest BCUT2D eigenvalue weighted by atomic mass is 16.6. The Kier molecular flexibility index (Phi) is 1.20. The molecular formula is C7H10O3. The quantitative estimate of drug-likeness (QED) is 0.487. The lowest BCUT2D eigenvalue weighted by molar-refractivity contribution is -0.145. The largest absolute Gasteiger partial charge is 0.459 e. The van der Waals surface area contributed by atoms with Gasteiger partial charge in [0, 0.05) is 6.42 Å². The first kappa shape index (κ1) is 6.16. The minimum absolute atomic E-state index is 0.0911. The van der Waals surface area contributed by atoms with Crippen LogP contribution >= 0.6 is 0 Å². The Morgan fingerprint density at radius 3 is 3.00 bits per heavy atom. The Bertz CT molecular complexity index is 166. The Labute approximate surface area is 59.0 Å². The number of rotatable bonds is 0. The molecule has 1 N–H and O–H groups in total. The molecule has 3 nitrogen and oxygen atoms in total. The summed E-state index contributed by atoms with van der Waals surface area (Å²) in [5, 5.41) is 9.24. The van der Waals surface area contributed by atoms with Crippen molar-refractivity contribution in [2.24, 2.45) is 5.92 Å². The highest BCUT2D eigenvalue weighted by Gasteiger charge is 2.42. The van der Waals surface area contributed by atoms with E-state index in [-0.39, 0.29) is 18.0 Å². The van der Waals surface area contributed by atoms with Gasteiger partial charge in [0.05, 0.1) is 12.0 Å². The Hall–Kier alpha value is -0.570. The van der Waals surface area contributed by atoms with E-state index in [2.05, 4.69) is 0 Å². The van der Waals surface area contributed by atoms with Gasteiger partial charge in [0.2, 0.25) is 0 Å². The van der Waals surface area contributed by atoms with Crippen LogP contribution in [-0.2, 0) is 9.53 Å². The monoisotopic (exact) mass is 142 g/mol. The molecule has 0 amide bonds. The summed E-state index contributed by atoms with van der Waals surface area (Å²) in [5.41, 5.74) is 0. The predicted molar refractivity (Wildman–Crippen MR) is 33.2 cm³/mol. The number of aliphatic hydroxyl groups excluding tert-OH is 1. The second-order valence-electron chi connectivity index (χ2n) is 3.05. The van der Waals surface area contributed by atoms with Crippen LogP contribution in [0.4, 0.5) is 0 Å². The van der Waals surface area contributed by atoms with Crippen molar-refractivity contribution in [3.8, 4) is 0 Å². The molecule has 0 radical (unpaired) electrons. The maximum Gasteiger partial charge on any atom is 0.309 e. The van der Waals surface area contributed by atoms with E-state index in [1.54, 1.807) is 0 Å². The van der Waals surface area contributed by atoms with E-state index < -0.39 is 6.10 Å². The van der Waals surface area contributed by atoms with Crippen LogP contribution in [0.15, 0.2) is 0 Å². The lowest BCUT2D eigenvalue weighted by Gasteiger charge is -2.19. The van der Waals surface area contributed by atoms with Gasteiger partial charge >= 0.3 is 5.97 Å². The van der Waals surface area contributed by atoms with Crippen molar-refractivity contribution in [2.75, 3.05) is 0 Å². The van der Waals surface area contributed by atoms with E-state index in [1.165, 1.54) is 0 Å². The zero-order chi connectivity index (χ0) is 7.14. The van der Waals surface area contributed by atoms with Crippen molar-refractivity contribution in [2.45, 2.75) is 31.5 Å². The molecule has 0 aromatic rings. The van der Waals surface area contributed by atoms with Crippen LogP contribution in [0, 0.1) is 5.92 Å². The number of ether oxygens (including phenoxy) is 1. The second-order valence-corrected chi connectivity index (χ2v) is 3.05. The van der Waals surface area contributed by atoms with Crippen LogP contribution in [-0.4, -0.2) is 23.3 Å². The molecule has 0 aromatic heterocycles. The number of hydrogen-bond donors (Lipinski definition) is 1. The third-order valence-electron chi connectivity index (χ3n) is 2.36. The molecule has 0 unspecified atom stereocenters. The summed E-state index contributed by atoms with van der Waals surface area (Å²) in [6.45, 7) is 0. The van der Waals surface area contributed by atoms with Gasteiger partial charge in [0.25, 0.3) is 0 Å². The minimum atomic E-state index is -0.400. The molecule has 2 fully saturated rings. The number of aliphatic hydroxyl groups is 1. The van der Waals surface area contributed by atoms with Gasteiger partial charge in [-0.05, 0) is 12.8 Å². The number of hydrogen-bond acceptors (Lipinski definition) is 3. The summed E-state index contributed by atoms with van der Waals surface area (Å²) in [4.78, 5) is 10.9. The standard InChI is InChI=1S/C7H10O3/c8-5-2-1-4-3-6(5)10-7(4)9/h4-6,8H,1-3H2/t4-,5+,6-/m1/s1. The molecule has 1 aliphatic heterocycles. The Balaban J connectivity index is 2.15. The zero-order valence-electron chi connectivity index (χ0n) is 5.62. The molecule has 10 heavy (non-hydrogen) atoms. The lowest BCUT2D eigenvalue weighted by Crippen LogP contribution is -2.28. The van der Waals surface area contributed by atoms with Crippen LogP contribution in [0.25, 0.3) is 0 Å². The zero-order valence-corrected chi connectivity index (χ0v) is 5.62. The first-order valence-electron chi connectivity index (χ1n) is 3.66. The van der Waals surface area contributed by atoms with Gasteiger partial charge in [-0.3, -0.25) is 4.79 Å². The topological polar surface area (TPSA) is 46.5 Å². The highest BCUT2D eigenvalue weighted by molar-refractivity contribution is 5.75. The molecule has 3 heteroatoms. The van der Waals surface area contributed by atoms with Gasteiger partial charge < -0.3 is 9.84 Å². The fourth-order valence-corrected chi connectivity index (χ4v) is 1.70. The lowest BCUT2D eigenvalue weighted by atomic mass is 9.88. The van der Waals surface area contributed by atoms with E-state index in [0.29, 0.717) is 0 Å². The Morgan fingerprint density at radius 2 is 2.30 bits per heavy atom. The fourth-order valence-electron chi connectivity index (χ4n) is 1.70. The number of carbonyl (C=O) groups is 1. The summed E-state index contributed by atoms with van der Waals surface area (Å²) in [6.07, 6.45) is 1.67. The summed E-state index contributed by atoms with van der Waals surface area (Å²) in [5.74, 6) is -0.0186. The van der Waals surface area contributed by atoms with Crippen molar-refractivity contribution in [1.82, 2.24) is 0 Å². The van der Waals surface area contributed by atoms with Crippen molar-refractivity contribution in [3.63, 3.8) is 0 Å². The Morgan fingerprint density at radius 1 is 1.50 bits per heavy atom. The number of carbonyl (C=O) groups excluding carboxylic acids is 1. The van der Waals surface area contributed by atoms with E-state index in [9.17, 15) is 9.90 Å². The van der Waals surface area contributed by atoms with Crippen LogP contribution in [0.3, 0.4) is 0 Å². The molecule has 2 rings (SSSR count). The maximum absolute atomic E-state index is 10.9. The maximum atomic E-state index is 10.9. The van der Waals surface area contributed by atoms with Gasteiger partial charge in [-0.1, -0.05) is 0 Å². The molecule has 0 aromatic carbocycles. The van der Waals surface area contributed by atoms with Crippen molar-refractivity contribution in [1.29, 1.82) is 0 Å². The molecule has 1 saturated heterocycles. The molecule has 3 atom stereocenters.